The number of cyclic esters (lactones) is 1. The quantitative estimate of drug-likeness (QED) is 0.564. The Bertz CT molecular complexity index is 675. The first-order valence-corrected chi connectivity index (χ1v) is 7.68. The van der Waals surface area contributed by atoms with Gasteiger partial charge in [0.2, 0.25) is 0 Å². The lowest BCUT2D eigenvalue weighted by Crippen LogP contribution is -2.04. The number of carbonyl (C=O) groups excluding carboxylic acids is 2. The number of carbonyl (C=O) groups is 2. The average Bonchev–Trinajstić information content (AvgIpc) is 2.97. The van der Waals surface area contributed by atoms with Gasteiger partial charge in [0.1, 0.15) is 23.7 Å². The molecule has 24 heavy (non-hydrogen) atoms. The fraction of sp³-hybridized carbons (Fsp3) is 0.444. The summed E-state index contributed by atoms with van der Waals surface area (Å²) in [5, 5.41) is 0. The Labute approximate surface area is 141 Å². The number of benzene rings is 1. The summed E-state index contributed by atoms with van der Waals surface area (Å²) in [6.07, 6.45) is 3.48. The van der Waals surface area contributed by atoms with Crippen molar-refractivity contribution < 1.29 is 28.5 Å². The summed E-state index contributed by atoms with van der Waals surface area (Å²) in [4.78, 5) is 23.2. The van der Waals surface area contributed by atoms with E-state index in [1.165, 1.54) is 14.2 Å². The lowest BCUT2D eigenvalue weighted by molar-refractivity contribution is -0.140. The van der Waals surface area contributed by atoms with Gasteiger partial charge < -0.3 is 18.9 Å². The van der Waals surface area contributed by atoms with Gasteiger partial charge in [0, 0.05) is 17.5 Å². The van der Waals surface area contributed by atoms with Gasteiger partial charge in [-0.15, -0.1) is 0 Å². The zero-order valence-corrected chi connectivity index (χ0v) is 14.4. The number of ether oxygens (including phenoxy) is 4. The molecule has 1 aliphatic rings. The highest BCUT2D eigenvalue weighted by Crippen LogP contribution is 2.39. The van der Waals surface area contributed by atoms with Crippen LogP contribution in [0.5, 0.6) is 11.5 Å². The molecule has 6 heteroatoms. The molecule has 0 radical (unpaired) electrons. The average molecular weight is 334 g/mol. The normalized spacial score (nSPS) is 13.3. The van der Waals surface area contributed by atoms with Crippen molar-refractivity contribution in [2.75, 3.05) is 21.3 Å². The van der Waals surface area contributed by atoms with E-state index >= 15 is 0 Å². The predicted molar refractivity (Wildman–Crippen MR) is 87.4 cm³/mol. The Morgan fingerprint density at radius 3 is 2.62 bits per heavy atom. The van der Waals surface area contributed by atoms with Crippen molar-refractivity contribution in [3.05, 3.63) is 34.4 Å². The Balaban J connectivity index is 2.27. The van der Waals surface area contributed by atoms with Crippen LogP contribution in [0.1, 0.15) is 41.3 Å². The van der Waals surface area contributed by atoms with Gasteiger partial charge in [0.15, 0.2) is 0 Å². The van der Waals surface area contributed by atoms with Gasteiger partial charge in [-0.25, -0.2) is 4.79 Å². The Morgan fingerprint density at radius 1 is 1.25 bits per heavy atom. The van der Waals surface area contributed by atoms with E-state index in [9.17, 15) is 9.59 Å². The molecular weight excluding hydrogens is 312 g/mol. The van der Waals surface area contributed by atoms with Crippen molar-refractivity contribution in [1.82, 2.24) is 0 Å². The molecule has 0 saturated heterocycles. The van der Waals surface area contributed by atoms with Crippen molar-refractivity contribution in [3.8, 4) is 11.5 Å². The molecule has 0 bridgehead atoms. The molecular formula is C18H22O6. The van der Waals surface area contributed by atoms with Gasteiger partial charge in [0.25, 0.3) is 0 Å². The molecule has 130 valence electrons. The van der Waals surface area contributed by atoms with Gasteiger partial charge >= 0.3 is 11.9 Å². The topological polar surface area (TPSA) is 71.1 Å². The molecule has 1 aromatic carbocycles. The molecule has 1 heterocycles. The molecule has 0 saturated carbocycles. The highest BCUT2D eigenvalue weighted by molar-refractivity contribution is 5.97. The molecule has 0 amide bonds. The van der Waals surface area contributed by atoms with E-state index in [1.807, 2.05) is 19.1 Å². The number of rotatable bonds is 7. The van der Waals surface area contributed by atoms with E-state index in [2.05, 4.69) is 4.74 Å². The zero-order valence-electron chi connectivity index (χ0n) is 14.4. The van der Waals surface area contributed by atoms with Crippen LogP contribution in [-0.4, -0.2) is 33.3 Å². The summed E-state index contributed by atoms with van der Waals surface area (Å²) in [6, 6.07) is 1.82. The van der Waals surface area contributed by atoms with E-state index in [0.29, 0.717) is 36.3 Å². The molecule has 0 fully saturated rings. The minimum Gasteiger partial charge on any atom is -0.496 e. The maximum Gasteiger partial charge on any atom is 0.342 e. The predicted octanol–water partition coefficient (Wildman–Crippen LogP) is 2.82. The minimum atomic E-state index is -0.378. The summed E-state index contributed by atoms with van der Waals surface area (Å²) in [5.41, 5.74) is 3.07. The molecule has 0 spiro atoms. The monoisotopic (exact) mass is 334 g/mol. The van der Waals surface area contributed by atoms with Crippen LogP contribution in [-0.2, 0) is 27.3 Å². The first-order chi connectivity index (χ1) is 11.5. The van der Waals surface area contributed by atoms with E-state index in [4.69, 9.17) is 14.2 Å². The highest BCUT2D eigenvalue weighted by Gasteiger charge is 2.30. The van der Waals surface area contributed by atoms with Crippen molar-refractivity contribution in [3.63, 3.8) is 0 Å². The molecule has 0 aliphatic carbocycles. The number of hydrogen-bond donors (Lipinski definition) is 0. The van der Waals surface area contributed by atoms with Crippen molar-refractivity contribution in [2.45, 2.75) is 32.8 Å². The Kier molecular flexibility index (Phi) is 5.84. The fourth-order valence-corrected chi connectivity index (χ4v) is 2.66. The molecule has 2 rings (SSSR count). The van der Waals surface area contributed by atoms with Crippen molar-refractivity contribution in [2.24, 2.45) is 0 Å². The third-order valence-electron chi connectivity index (χ3n) is 4.02. The molecule has 0 N–H and O–H groups in total. The molecule has 1 aliphatic heterocycles. The largest absolute Gasteiger partial charge is 0.496 e. The van der Waals surface area contributed by atoms with Gasteiger partial charge in [-0.05, 0) is 25.8 Å². The molecule has 0 atom stereocenters. The van der Waals surface area contributed by atoms with Gasteiger partial charge in [-0.1, -0.05) is 11.6 Å². The van der Waals surface area contributed by atoms with Crippen LogP contribution in [0.15, 0.2) is 17.7 Å². The first kappa shape index (κ1) is 17.8. The van der Waals surface area contributed by atoms with E-state index in [1.54, 1.807) is 7.11 Å². The van der Waals surface area contributed by atoms with Crippen LogP contribution >= 0.6 is 0 Å². The molecule has 0 aromatic heterocycles. The second kappa shape index (κ2) is 7.86. The first-order valence-electron chi connectivity index (χ1n) is 7.68. The third-order valence-corrected chi connectivity index (χ3v) is 4.02. The number of methoxy groups -OCH3 is 3. The van der Waals surface area contributed by atoms with Crippen LogP contribution in [0.2, 0.25) is 0 Å². The number of hydrogen-bond acceptors (Lipinski definition) is 6. The van der Waals surface area contributed by atoms with E-state index < -0.39 is 0 Å². The zero-order chi connectivity index (χ0) is 17.7. The van der Waals surface area contributed by atoms with E-state index in [0.717, 1.165) is 16.7 Å². The Hall–Kier alpha value is -2.50. The van der Waals surface area contributed by atoms with Gasteiger partial charge in [-0.2, -0.15) is 0 Å². The van der Waals surface area contributed by atoms with Crippen LogP contribution in [0.4, 0.5) is 0 Å². The summed E-state index contributed by atoms with van der Waals surface area (Å²) < 4.78 is 20.6. The maximum absolute atomic E-state index is 11.9. The van der Waals surface area contributed by atoms with Crippen LogP contribution in [0.3, 0.4) is 0 Å². The lowest BCUT2D eigenvalue weighted by Gasteiger charge is -2.15. The Morgan fingerprint density at radius 2 is 2.00 bits per heavy atom. The van der Waals surface area contributed by atoms with Gasteiger partial charge in [0.05, 0.1) is 21.3 Å². The molecule has 1 aromatic rings. The van der Waals surface area contributed by atoms with Gasteiger partial charge in [-0.3, -0.25) is 4.79 Å². The highest BCUT2D eigenvalue weighted by atomic mass is 16.5. The van der Waals surface area contributed by atoms with Crippen molar-refractivity contribution in [1.29, 1.82) is 0 Å². The fourth-order valence-electron chi connectivity index (χ4n) is 2.66. The summed E-state index contributed by atoms with van der Waals surface area (Å²) in [5.74, 6) is 0.528. The summed E-state index contributed by atoms with van der Waals surface area (Å²) >= 11 is 0. The number of esters is 2. The second-order valence-electron chi connectivity index (χ2n) is 5.53. The van der Waals surface area contributed by atoms with Crippen LogP contribution < -0.4 is 9.47 Å². The summed E-state index contributed by atoms with van der Waals surface area (Å²) in [6.45, 7) is 2.18. The number of fused-ring (bicyclic) bond motifs is 1. The smallest absolute Gasteiger partial charge is 0.342 e. The standard InChI is InChI=1S/C18H22O6/c1-11(6-8-15(19)22-3)5-7-13-14(21-2)9-12-10-24-18(20)16(12)17(13)23-4/h5,9H,6-8,10H2,1-4H3/b11-5+. The minimum absolute atomic E-state index is 0.231. The molecule has 0 unspecified atom stereocenters. The summed E-state index contributed by atoms with van der Waals surface area (Å²) in [7, 11) is 4.48. The van der Waals surface area contributed by atoms with E-state index in [-0.39, 0.29) is 18.5 Å². The third kappa shape index (κ3) is 3.69. The second-order valence-corrected chi connectivity index (χ2v) is 5.53. The van der Waals surface area contributed by atoms with Crippen molar-refractivity contribution >= 4 is 11.9 Å². The van der Waals surface area contributed by atoms with Crippen LogP contribution in [0, 0.1) is 0 Å². The molecule has 6 nitrogen and oxygen atoms in total. The van der Waals surface area contributed by atoms with Crippen LogP contribution in [0.25, 0.3) is 0 Å². The SMILES string of the molecule is COC(=O)CC/C(C)=C/Cc1c(OC)cc2c(c1OC)C(=O)OC2. The number of allylic oxidation sites excluding steroid dienone is 2. The lowest BCUT2D eigenvalue weighted by atomic mass is 9.99. The maximum atomic E-state index is 11.9.